The molecule has 0 aliphatic carbocycles. The molecule has 0 saturated carbocycles. The number of hydrogen-bond acceptors (Lipinski definition) is 3. The molecule has 0 atom stereocenters. The minimum absolute atomic E-state index is 0. The van der Waals surface area contributed by atoms with Crippen LogP contribution in [-0.2, 0) is 31.9 Å². The van der Waals surface area contributed by atoms with E-state index in [0.29, 0.717) is 16.9 Å². The van der Waals surface area contributed by atoms with Crippen LogP contribution in [0.2, 0.25) is 0 Å². The van der Waals surface area contributed by atoms with Gasteiger partial charge in [-0.05, 0) is 87.8 Å². The molecule has 2 heterocycles. The van der Waals surface area contributed by atoms with Crippen LogP contribution in [0.5, 0.6) is 5.75 Å². The summed E-state index contributed by atoms with van der Waals surface area (Å²) in [6, 6.07) is 47.2. The van der Waals surface area contributed by atoms with Gasteiger partial charge in [0.2, 0.25) is 0 Å². The van der Waals surface area contributed by atoms with E-state index >= 15 is 0 Å². The van der Waals surface area contributed by atoms with Crippen LogP contribution in [0.4, 0.5) is 0 Å². The van der Waals surface area contributed by atoms with Crippen molar-refractivity contribution in [3.63, 3.8) is 0 Å². The molecule has 0 radical (unpaired) electrons. The summed E-state index contributed by atoms with van der Waals surface area (Å²) in [5.74, 6) is -0.0958. The van der Waals surface area contributed by atoms with Gasteiger partial charge in [0.25, 0.3) is 0 Å². The molecular formula is C54H52N3OPt-. The first-order valence-electron chi connectivity index (χ1n) is 21.9. The number of pyridine rings is 1. The van der Waals surface area contributed by atoms with Crippen molar-refractivity contribution < 1.29 is 31.7 Å². The summed E-state index contributed by atoms with van der Waals surface area (Å²) in [5, 5.41) is 11.4. The van der Waals surface area contributed by atoms with Gasteiger partial charge in [0.15, 0.2) is 0 Å². The summed E-state index contributed by atoms with van der Waals surface area (Å²) in [6.45, 7) is 14.5. The van der Waals surface area contributed by atoms with Crippen molar-refractivity contribution in [3.05, 3.63) is 168 Å². The molecule has 0 fully saturated rings. The smallest absolute Gasteiger partial charge is 0.148 e. The molecule has 0 spiro atoms. The van der Waals surface area contributed by atoms with Gasteiger partial charge in [-0.3, -0.25) is 9.55 Å². The normalized spacial score (nSPS) is 13.3. The Morgan fingerprint density at radius 3 is 2.02 bits per heavy atom. The molecule has 0 bridgehead atoms. The van der Waals surface area contributed by atoms with E-state index in [1.54, 1.807) is 24.3 Å². The zero-order valence-electron chi connectivity index (χ0n) is 38.9. The van der Waals surface area contributed by atoms with Crippen molar-refractivity contribution in [2.45, 2.75) is 79.0 Å². The van der Waals surface area contributed by atoms with E-state index in [2.05, 4.69) is 108 Å². The van der Waals surface area contributed by atoms with Crippen molar-refractivity contribution in [1.82, 2.24) is 14.5 Å². The summed E-state index contributed by atoms with van der Waals surface area (Å²) in [6.07, 6.45) is 1.83. The molecule has 0 amide bonds. The molecule has 0 unspecified atom stereocenters. The predicted octanol–water partition coefficient (Wildman–Crippen LogP) is 14.3. The number of fused-ring (bicyclic) bond motifs is 1. The van der Waals surface area contributed by atoms with E-state index in [9.17, 15) is 5.11 Å². The van der Waals surface area contributed by atoms with Crippen LogP contribution in [0.25, 0.3) is 72.7 Å². The van der Waals surface area contributed by atoms with Crippen LogP contribution in [0, 0.1) is 12.9 Å². The topological polar surface area (TPSA) is 50.9 Å². The van der Waals surface area contributed by atoms with Gasteiger partial charge in [0.05, 0.1) is 22.3 Å². The molecule has 59 heavy (non-hydrogen) atoms. The number of phenols is 1. The largest absolute Gasteiger partial charge is 0.507 e. The Labute approximate surface area is 369 Å². The average Bonchev–Trinajstić information content (AvgIpc) is 3.62. The Kier molecular flexibility index (Phi) is 10.0. The summed E-state index contributed by atoms with van der Waals surface area (Å²) in [4.78, 5) is 10.2. The molecule has 8 aromatic rings. The maximum Gasteiger partial charge on any atom is 0.148 e. The summed E-state index contributed by atoms with van der Waals surface area (Å²) < 4.78 is 35.5. The Hall–Kier alpha value is -5.57. The standard InChI is InChI=1S/C54H52N3O.Pt/c1-34(2)36-18-20-37(21-19-36)39-27-28-55-47(33-39)41-30-40(31-43(32-41)54(7,8)9)44-14-12-15-49-51(44)56-52(45-13-10-11-16-50(45)58)57(49)48-26-17-35(3)29-46(48)38-22-24-42(25-23-38)53(4,5)6;/h10-29,31-34,58H,1-9H3;/q-1;/i3D3,34D;. The number of rotatable bonds is 7. The quantitative estimate of drug-likeness (QED) is 0.162. The molecule has 0 aliphatic rings. The monoisotopic (exact) mass is 957 g/mol. The number of aromatic nitrogens is 3. The predicted molar refractivity (Wildman–Crippen MR) is 243 cm³/mol. The van der Waals surface area contributed by atoms with Crippen molar-refractivity contribution in [3.8, 4) is 67.5 Å². The van der Waals surface area contributed by atoms with E-state index in [-0.39, 0.29) is 43.2 Å². The molecule has 300 valence electrons. The van der Waals surface area contributed by atoms with Crippen LogP contribution in [0.15, 0.2) is 140 Å². The Balaban J connectivity index is 0.00000595. The number of aromatic hydroxyl groups is 1. The summed E-state index contributed by atoms with van der Waals surface area (Å²) >= 11 is 0. The second kappa shape index (κ2) is 16.2. The number of benzene rings is 6. The zero-order chi connectivity index (χ0) is 44.4. The van der Waals surface area contributed by atoms with Gasteiger partial charge in [0.1, 0.15) is 11.6 Å². The van der Waals surface area contributed by atoms with Gasteiger partial charge >= 0.3 is 0 Å². The molecular weight excluding hydrogens is 902 g/mol. The average molecular weight is 958 g/mol. The van der Waals surface area contributed by atoms with Crippen LogP contribution in [0.1, 0.15) is 89.0 Å². The Morgan fingerprint density at radius 1 is 0.661 bits per heavy atom. The third-order valence-electron chi connectivity index (χ3n) is 11.0. The van der Waals surface area contributed by atoms with Gasteiger partial charge in [-0.15, -0.1) is 29.3 Å². The van der Waals surface area contributed by atoms with Gasteiger partial charge < -0.3 is 5.11 Å². The number of nitrogens with zero attached hydrogens (tertiary/aromatic N) is 3. The second-order valence-electron chi connectivity index (χ2n) is 17.5. The maximum absolute atomic E-state index is 11.4. The second-order valence-corrected chi connectivity index (χ2v) is 17.5. The molecule has 5 heteroatoms. The van der Waals surface area contributed by atoms with E-state index in [1.807, 2.05) is 73.1 Å². The molecule has 0 saturated heterocycles. The zero-order valence-corrected chi connectivity index (χ0v) is 37.2. The van der Waals surface area contributed by atoms with Crippen molar-refractivity contribution >= 4 is 11.0 Å². The first kappa shape index (κ1) is 36.5. The van der Waals surface area contributed by atoms with Crippen LogP contribution >= 0.6 is 0 Å². The van der Waals surface area contributed by atoms with E-state index < -0.39 is 12.7 Å². The SMILES string of the molecule is [2H]C([2H])([2H])c1ccc(-n2c(-c3ccccc3O)nc3c(-c4[c-]c(-c5cc(-c6ccc(C([2H])(C)C)cc6)ccn5)cc(C(C)(C)C)c4)cccc32)c(-c2ccc(C(C)(C)C)cc2)c1.[Pt]. The number of hydrogen-bond donors (Lipinski definition) is 1. The number of phenolic OH excluding ortho intramolecular Hbond substituents is 1. The summed E-state index contributed by atoms with van der Waals surface area (Å²) in [5.41, 5.74) is 12.9. The van der Waals surface area contributed by atoms with Crippen LogP contribution < -0.4 is 0 Å². The first-order valence-corrected chi connectivity index (χ1v) is 19.9. The van der Waals surface area contributed by atoms with E-state index in [4.69, 9.17) is 15.5 Å². The van der Waals surface area contributed by atoms with Crippen molar-refractivity contribution in [2.75, 3.05) is 0 Å². The van der Waals surface area contributed by atoms with Gasteiger partial charge in [-0.2, -0.15) is 0 Å². The van der Waals surface area contributed by atoms with Crippen molar-refractivity contribution in [1.29, 1.82) is 0 Å². The minimum Gasteiger partial charge on any atom is -0.507 e. The van der Waals surface area contributed by atoms with Gasteiger partial charge in [-0.1, -0.05) is 157 Å². The number of imidazole rings is 1. The maximum atomic E-state index is 11.4. The number of aryl methyl sites for hydroxylation is 1. The Morgan fingerprint density at radius 2 is 1.34 bits per heavy atom. The fourth-order valence-corrected chi connectivity index (χ4v) is 7.56. The number of para-hydroxylation sites is 2. The van der Waals surface area contributed by atoms with Crippen LogP contribution in [-0.4, -0.2) is 19.6 Å². The van der Waals surface area contributed by atoms with Crippen LogP contribution in [0.3, 0.4) is 0 Å². The van der Waals surface area contributed by atoms with E-state index in [1.165, 1.54) is 5.56 Å². The fraction of sp³-hybridized carbons (Fsp3) is 0.222. The Bertz CT molecular complexity index is 2950. The van der Waals surface area contributed by atoms with Gasteiger partial charge in [0, 0.05) is 44.0 Å². The third kappa shape index (κ3) is 8.34. The first-order chi connectivity index (χ1) is 29.2. The molecule has 8 rings (SSSR count). The molecule has 2 aromatic heterocycles. The molecule has 0 aliphatic heterocycles. The van der Waals surface area contributed by atoms with E-state index in [0.717, 1.165) is 67.0 Å². The minimum atomic E-state index is -2.33. The molecule has 6 aromatic carbocycles. The molecule has 1 N–H and O–H groups in total. The third-order valence-corrected chi connectivity index (χ3v) is 11.0. The van der Waals surface area contributed by atoms with Crippen molar-refractivity contribution in [2.24, 2.45) is 0 Å². The fourth-order valence-electron chi connectivity index (χ4n) is 7.56. The summed E-state index contributed by atoms with van der Waals surface area (Å²) in [7, 11) is 0. The molecule has 4 nitrogen and oxygen atoms in total. The van der Waals surface area contributed by atoms with Gasteiger partial charge in [-0.25, -0.2) is 4.98 Å².